The smallest absolute Gasteiger partial charge is 0.323 e. The number of aliphatic carboxylic acids is 1. The Labute approximate surface area is 133 Å². The molecule has 1 amide bonds. The molecule has 0 spiro atoms. The van der Waals surface area contributed by atoms with Gasteiger partial charge in [-0.2, -0.15) is 0 Å². The monoisotopic (exact) mass is 333 g/mol. The molecule has 7 heteroatoms. The molecule has 0 radical (unpaired) electrons. The summed E-state index contributed by atoms with van der Waals surface area (Å²) in [5.41, 5.74) is -0.615. The lowest BCUT2D eigenvalue weighted by Crippen LogP contribution is -2.50. The molecule has 5 nitrogen and oxygen atoms in total. The van der Waals surface area contributed by atoms with E-state index in [2.05, 4.69) is 0 Å². The van der Waals surface area contributed by atoms with E-state index in [1.54, 1.807) is 32.9 Å². The van der Waals surface area contributed by atoms with Crippen LogP contribution < -0.4 is 4.74 Å². The Morgan fingerprint density at radius 3 is 2.33 bits per heavy atom. The van der Waals surface area contributed by atoms with E-state index in [4.69, 9.17) is 33.0 Å². The fourth-order valence-corrected chi connectivity index (χ4v) is 1.91. The lowest BCUT2D eigenvalue weighted by molar-refractivity contribution is -0.149. The summed E-state index contributed by atoms with van der Waals surface area (Å²) in [7, 11) is 0. The lowest BCUT2D eigenvalue weighted by Gasteiger charge is -2.34. The number of rotatable bonds is 5. The highest BCUT2D eigenvalue weighted by molar-refractivity contribution is 6.42. The number of benzene rings is 1. The van der Waals surface area contributed by atoms with Gasteiger partial charge in [0.05, 0.1) is 10.0 Å². The topological polar surface area (TPSA) is 66.8 Å². The van der Waals surface area contributed by atoms with Gasteiger partial charge < -0.3 is 14.7 Å². The number of carbonyl (C=O) groups is 2. The number of carboxylic acid groups (broad SMARTS) is 1. The quantitative estimate of drug-likeness (QED) is 0.899. The summed E-state index contributed by atoms with van der Waals surface area (Å²) in [4.78, 5) is 24.2. The third-order valence-electron chi connectivity index (χ3n) is 2.66. The molecule has 0 heterocycles. The van der Waals surface area contributed by atoms with Crippen LogP contribution in [0.25, 0.3) is 0 Å². The molecular formula is C14H17Cl2NO4. The van der Waals surface area contributed by atoms with E-state index in [1.165, 1.54) is 11.0 Å². The van der Waals surface area contributed by atoms with E-state index in [0.29, 0.717) is 15.8 Å². The maximum absolute atomic E-state index is 12.1. The van der Waals surface area contributed by atoms with Gasteiger partial charge in [-0.15, -0.1) is 0 Å². The first-order chi connectivity index (χ1) is 9.61. The molecule has 1 aromatic carbocycles. The van der Waals surface area contributed by atoms with Gasteiger partial charge in [0.2, 0.25) is 0 Å². The fourth-order valence-electron chi connectivity index (χ4n) is 1.62. The van der Waals surface area contributed by atoms with Gasteiger partial charge in [-0.1, -0.05) is 23.2 Å². The second-order valence-corrected chi connectivity index (χ2v) is 6.22. The minimum atomic E-state index is -1.08. The van der Waals surface area contributed by atoms with Crippen molar-refractivity contribution in [1.29, 1.82) is 0 Å². The van der Waals surface area contributed by atoms with E-state index < -0.39 is 17.4 Å². The molecule has 1 N–H and O–H groups in total. The molecule has 0 saturated carbocycles. The van der Waals surface area contributed by atoms with Gasteiger partial charge in [0.15, 0.2) is 6.61 Å². The SMILES string of the molecule is CC(C)(C)N(CC(=O)O)C(=O)COc1ccc(Cl)c(Cl)c1. The summed E-state index contributed by atoms with van der Waals surface area (Å²) in [6, 6.07) is 4.64. The van der Waals surface area contributed by atoms with Crippen LogP contribution in [0.1, 0.15) is 20.8 Å². The van der Waals surface area contributed by atoms with Crippen molar-refractivity contribution in [2.24, 2.45) is 0 Å². The Morgan fingerprint density at radius 2 is 1.86 bits per heavy atom. The zero-order valence-electron chi connectivity index (χ0n) is 12.0. The molecular weight excluding hydrogens is 317 g/mol. The van der Waals surface area contributed by atoms with Gasteiger partial charge in [0, 0.05) is 11.6 Å². The van der Waals surface area contributed by atoms with E-state index in [0.717, 1.165) is 0 Å². The molecule has 116 valence electrons. The average Bonchev–Trinajstić information content (AvgIpc) is 2.35. The van der Waals surface area contributed by atoms with Gasteiger partial charge >= 0.3 is 5.97 Å². The van der Waals surface area contributed by atoms with Gasteiger partial charge in [-0.3, -0.25) is 9.59 Å². The second-order valence-electron chi connectivity index (χ2n) is 5.41. The third-order valence-corrected chi connectivity index (χ3v) is 3.40. The van der Waals surface area contributed by atoms with Crippen LogP contribution in [-0.2, 0) is 9.59 Å². The second kappa shape index (κ2) is 7.00. The largest absolute Gasteiger partial charge is 0.484 e. The predicted molar refractivity (Wildman–Crippen MR) is 81.1 cm³/mol. The number of carboxylic acids is 1. The first-order valence-corrected chi connectivity index (χ1v) is 6.97. The Balaban J connectivity index is 2.73. The average molecular weight is 334 g/mol. The van der Waals surface area contributed by atoms with E-state index in [-0.39, 0.29) is 13.2 Å². The van der Waals surface area contributed by atoms with Crippen LogP contribution in [0.2, 0.25) is 10.0 Å². The Bertz CT molecular complexity index is 540. The number of nitrogens with zero attached hydrogens (tertiary/aromatic N) is 1. The molecule has 1 aromatic rings. The Hall–Kier alpha value is -1.46. The Morgan fingerprint density at radius 1 is 1.24 bits per heavy atom. The molecule has 0 aliphatic rings. The summed E-state index contributed by atoms with van der Waals surface area (Å²) in [6.07, 6.45) is 0. The number of halogens is 2. The summed E-state index contributed by atoms with van der Waals surface area (Å²) >= 11 is 11.6. The standard InChI is InChI=1S/C14H17Cl2NO4/c1-14(2,3)17(7-13(19)20)12(18)8-21-9-4-5-10(15)11(16)6-9/h4-6H,7-8H2,1-3H3,(H,19,20). The van der Waals surface area contributed by atoms with Crippen LogP contribution in [0, 0.1) is 0 Å². The molecule has 0 fully saturated rings. The van der Waals surface area contributed by atoms with Crippen LogP contribution in [0.3, 0.4) is 0 Å². The van der Waals surface area contributed by atoms with E-state index >= 15 is 0 Å². The van der Waals surface area contributed by atoms with Crippen molar-refractivity contribution in [3.8, 4) is 5.75 Å². The minimum absolute atomic E-state index is 0.275. The van der Waals surface area contributed by atoms with Crippen LogP contribution in [0.4, 0.5) is 0 Å². The Kier molecular flexibility index (Phi) is 5.87. The molecule has 0 aliphatic carbocycles. The van der Waals surface area contributed by atoms with Crippen molar-refractivity contribution in [2.75, 3.05) is 13.2 Å². The van der Waals surface area contributed by atoms with Crippen molar-refractivity contribution in [2.45, 2.75) is 26.3 Å². The van der Waals surface area contributed by atoms with Crippen molar-refractivity contribution in [3.63, 3.8) is 0 Å². The maximum Gasteiger partial charge on any atom is 0.323 e. The zero-order valence-corrected chi connectivity index (χ0v) is 13.5. The third kappa shape index (κ3) is 5.44. The molecule has 0 atom stereocenters. The van der Waals surface area contributed by atoms with Crippen LogP contribution in [-0.4, -0.2) is 40.6 Å². The number of carbonyl (C=O) groups excluding carboxylic acids is 1. The van der Waals surface area contributed by atoms with Gasteiger partial charge in [-0.25, -0.2) is 0 Å². The number of ether oxygens (including phenoxy) is 1. The highest BCUT2D eigenvalue weighted by atomic mass is 35.5. The highest BCUT2D eigenvalue weighted by Gasteiger charge is 2.28. The first-order valence-electron chi connectivity index (χ1n) is 6.21. The van der Waals surface area contributed by atoms with E-state index in [9.17, 15) is 9.59 Å². The number of hydrogen-bond donors (Lipinski definition) is 1. The highest BCUT2D eigenvalue weighted by Crippen LogP contribution is 2.26. The molecule has 0 saturated heterocycles. The van der Waals surface area contributed by atoms with Crippen LogP contribution in [0.15, 0.2) is 18.2 Å². The maximum atomic E-state index is 12.1. The van der Waals surface area contributed by atoms with Gasteiger partial charge in [0.1, 0.15) is 12.3 Å². The van der Waals surface area contributed by atoms with Gasteiger partial charge in [0.25, 0.3) is 5.91 Å². The predicted octanol–water partition coefficient (Wildman–Crippen LogP) is 3.08. The zero-order chi connectivity index (χ0) is 16.2. The van der Waals surface area contributed by atoms with Crippen LogP contribution >= 0.6 is 23.2 Å². The normalized spacial score (nSPS) is 11.1. The fraction of sp³-hybridized carbons (Fsp3) is 0.429. The first kappa shape index (κ1) is 17.6. The minimum Gasteiger partial charge on any atom is -0.484 e. The summed E-state index contributed by atoms with van der Waals surface area (Å²) in [5.74, 6) is -1.11. The lowest BCUT2D eigenvalue weighted by atomic mass is 10.1. The van der Waals surface area contributed by atoms with Crippen molar-refractivity contribution < 1.29 is 19.4 Å². The number of amides is 1. The van der Waals surface area contributed by atoms with Crippen LogP contribution in [0.5, 0.6) is 5.75 Å². The van der Waals surface area contributed by atoms with Crippen molar-refractivity contribution in [1.82, 2.24) is 4.90 Å². The van der Waals surface area contributed by atoms with Crippen molar-refractivity contribution >= 4 is 35.1 Å². The summed E-state index contributed by atoms with van der Waals surface area (Å²) < 4.78 is 5.33. The molecule has 21 heavy (non-hydrogen) atoms. The molecule has 0 unspecified atom stereocenters. The molecule has 0 aliphatic heterocycles. The summed E-state index contributed by atoms with van der Waals surface area (Å²) in [5, 5.41) is 9.59. The van der Waals surface area contributed by atoms with E-state index in [1.807, 2.05) is 0 Å². The molecule has 0 bridgehead atoms. The van der Waals surface area contributed by atoms with Crippen molar-refractivity contribution in [3.05, 3.63) is 28.2 Å². The number of hydrogen-bond acceptors (Lipinski definition) is 3. The van der Waals surface area contributed by atoms with Gasteiger partial charge in [-0.05, 0) is 32.9 Å². The molecule has 1 rings (SSSR count). The summed E-state index contributed by atoms with van der Waals surface area (Å²) in [6.45, 7) is 4.61. The molecule has 0 aromatic heterocycles.